The highest BCUT2D eigenvalue weighted by atomic mass is 33.1. The number of imide groups is 1. The third-order valence-electron chi connectivity index (χ3n) is 21.6. The number of rotatable bonds is 12. The van der Waals surface area contributed by atoms with Crippen molar-refractivity contribution in [3.63, 3.8) is 0 Å². The number of nitrogens with zero attached hydrogens (tertiary/aromatic N) is 1. The molecule has 1 aromatic rings. The van der Waals surface area contributed by atoms with Crippen molar-refractivity contribution < 1.29 is 44.0 Å². The Labute approximate surface area is 490 Å². The molecule has 16 unspecified atom stereocenters. The fourth-order valence-electron chi connectivity index (χ4n) is 18.0. The number of fused-ring (bicyclic) bond motifs is 4. The van der Waals surface area contributed by atoms with Gasteiger partial charge >= 0.3 is 11.9 Å². The van der Waals surface area contributed by atoms with Crippen molar-refractivity contribution in [3.05, 3.63) is 130 Å². The van der Waals surface area contributed by atoms with Crippen molar-refractivity contribution >= 4 is 45.3 Å². The van der Waals surface area contributed by atoms with Crippen LogP contribution in [-0.4, -0.2) is 93.7 Å². The molecule has 5 aliphatic heterocycles. The quantitative estimate of drug-likeness (QED) is 0.0383. The highest BCUT2D eigenvalue weighted by Crippen LogP contribution is 2.72. The zero-order chi connectivity index (χ0) is 56.4. The first-order chi connectivity index (χ1) is 39.8. The van der Waals surface area contributed by atoms with Crippen LogP contribution in [0.15, 0.2) is 124 Å². The molecule has 10 bridgehead atoms. The third-order valence-corrected chi connectivity index (χ3v) is 24.1. The van der Waals surface area contributed by atoms with Gasteiger partial charge in [0.25, 0.3) is 11.8 Å². The predicted octanol–water partition coefficient (Wildman–Crippen LogP) is 9.09. The second-order valence-electron chi connectivity index (χ2n) is 26.1. The van der Waals surface area contributed by atoms with Gasteiger partial charge in [0, 0.05) is 73.2 Å². The van der Waals surface area contributed by atoms with E-state index in [2.05, 4.69) is 71.2 Å². The molecule has 1 saturated heterocycles. The monoisotopic (exact) mass is 1150 g/mol. The Bertz CT molecular complexity index is 3050. The molecule has 6 N–H and O–H groups in total. The summed E-state index contributed by atoms with van der Waals surface area (Å²) >= 11 is 0. The number of nitrogens with one attached hydrogen (secondary N) is 3. The van der Waals surface area contributed by atoms with Gasteiger partial charge in [-0.1, -0.05) is 102 Å². The number of hydrogen-bond acceptors (Lipinski definition) is 14. The molecule has 82 heavy (non-hydrogen) atoms. The maximum Gasteiger partial charge on any atom is 0.340 e. The van der Waals surface area contributed by atoms with Crippen LogP contribution < -0.4 is 16.0 Å². The van der Waals surface area contributed by atoms with Crippen LogP contribution in [0.2, 0.25) is 0 Å². The molecule has 0 aromatic heterocycles. The number of aliphatic hydroxyl groups excluding tert-OH is 3. The second-order valence-corrected chi connectivity index (χ2v) is 28.6. The van der Waals surface area contributed by atoms with Crippen molar-refractivity contribution in [2.24, 2.45) is 81.8 Å². The van der Waals surface area contributed by atoms with Crippen LogP contribution in [0.3, 0.4) is 0 Å². The molecule has 13 aliphatic rings. The van der Waals surface area contributed by atoms with E-state index in [4.69, 9.17) is 9.47 Å². The van der Waals surface area contributed by atoms with Crippen LogP contribution in [0.1, 0.15) is 109 Å². The normalized spacial score (nSPS) is 37.5. The largest absolute Gasteiger partial charge is 0.427 e. The number of allylic oxidation sites excluding steroid dienone is 7. The number of hydrogen-bond donors (Lipinski definition) is 6. The van der Waals surface area contributed by atoms with Crippen molar-refractivity contribution in [3.8, 4) is 11.8 Å². The molecule has 4 fully saturated rings. The van der Waals surface area contributed by atoms with Gasteiger partial charge in [0.15, 0.2) is 0 Å². The Balaban J connectivity index is 0.960. The SMILES string of the molecule is CCC1(C=C2OC(=O)C3=C2CCC2C4CCC5(C6=CCC(C7C8C=CC9C#CC(C(O)Cc%10ccccc%10)CC(CO)CC(C8)CC97)C(NCC(C)O)SSCNC7=CC(=CCN7)C(CN7C(=O)C=CC7=O)C4=C5C(=O)O6)C32)CCCC1. The standard InChI is InChI=1S/C67H80N4O9S2/c1-3-66(23-7-8-24-66)33-53-48-16-15-47-46-21-25-67(61(47)60(48)64(77)79-53)54-18-17-49(58-45-14-12-42-11-13-44(52(74)31-39-9-5-4-6-10-39)29-41(36-72)27-40(28-45)30-50(42)58)63(69-34-38(2)73)82-81-37-70-55-32-43(22-26-68-55)51(59(46)62(67)65(78)80-54)35-71-56(75)19-20-57(71)76/h4-6,9-10,12,14,18-20,22,32-33,38,40-42,44-47,49-52,58,61,63,68-70,72-74H,3,7-8,15-17,21,23-31,34-37H2,1-2H3. The van der Waals surface area contributed by atoms with Crippen molar-refractivity contribution in [2.75, 3.05) is 32.1 Å². The summed E-state index contributed by atoms with van der Waals surface area (Å²) in [5.74, 6) is 7.85. The van der Waals surface area contributed by atoms with E-state index in [0.717, 1.165) is 92.3 Å². The molecule has 16 atom stereocenters. The highest BCUT2D eigenvalue weighted by molar-refractivity contribution is 8.76. The van der Waals surface area contributed by atoms with Crippen molar-refractivity contribution in [1.82, 2.24) is 20.9 Å². The number of ether oxygens (including phenoxy) is 2. The van der Waals surface area contributed by atoms with Gasteiger partial charge in [0.1, 0.15) is 11.5 Å². The number of carbonyl (C=O) groups excluding carboxylic acids is 4. The first kappa shape index (κ1) is 56.1. The number of amides is 2. The molecule has 3 saturated carbocycles. The second kappa shape index (κ2) is 23.1. The van der Waals surface area contributed by atoms with Gasteiger partial charge in [-0.3, -0.25) is 14.5 Å². The summed E-state index contributed by atoms with van der Waals surface area (Å²) in [5, 5.41) is 44.8. The van der Waals surface area contributed by atoms with E-state index < -0.39 is 35.4 Å². The van der Waals surface area contributed by atoms with Gasteiger partial charge in [0.2, 0.25) is 0 Å². The summed E-state index contributed by atoms with van der Waals surface area (Å²) in [6.07, 6.45) is 27.4. The van der Waals surface area contributed by atoms with E-state index in [0.29, 0.717) is 79.7 Å². The minimum atomic E-state index is -1.02. The third kappa shape index (κ3) is 10.1. The van der Waals surface area contributed by atoms with Gasteiger partial charge < -0.3 is 40.7 Å². The smallest absolute Gasteiger partial charge is 0.340 e. The van der Waals surface area contributed by atoms with E-state index in [1.807, 2.05) is 37.3 Å². The lowest BCUT2D eigenvalue weighted by atomic mass is 9.43. The molecule has 1 aromatic carbocycles. The van der Waals surface area contributed by atoms with Crippen LogP contribution >= 0.6 is 21.6 Å². The summed E-state index contributed by atoms with van der Waals surface area (Å²) < 4.78 is 13.4. The highest BCUT2D eigenvalue weighted by Gasteiger charge is 2.69. The van der Waals surface area contributed by atoms with E-state index in [9.17, 15) is 24.9 Å². The number of esters is 2. The van der Waals surface area contributed by atoms with Gasteiger partial charge in [-0.25, -0.2) is 9.59 Å². The zero-order valence-corrected chi connectivity index (χ0v) is 49.0. The van der Waals surface area contributed by atoms with E-state index in [1.165, 1.54) is 17.1 Å². The molecule has 14 rings (SSSR count). The number of aliphatic hydroxyl groups is 3. The minimum Gasteiger partial charge on any atom is -0.427 e. The van der Waals surface area contributed by atoms with E-state index in [1.54, 1.807) is 21.6 Å². The lowest BCUT2D eigenvalue weighted by molar-refractivity contribution is -0.138. The topological polar surface area (TPSA) is 187 Å². The molecule has 8 aliphatic carbocycles. The molecule has 434 valence electrons. The van der Waals surface area contributed by atoms with Gasteiger partial charge in [-0.05, 0) is 178 Å². The maximum absolute atomic E-state index is 15.6. The van der Waals surface area contributed by atoms with Crippen LogP contribution in [0.25, 0.3) is 0 Å². The predicted molar refractivity (Wildman–Crippen MR) is 316 cm³/mol. The maximum atomic E-state index is 15.6. The van der Waals surface area contributed by atoms with Crippen LogP contribution in [-0.2, 0) is 35.1 Å². The first-order valence-corrected chi connectivity index (χ1v) is 33.2. The van der Waals surface area contributed by atoms with Crippen LogP contribution in [0.5, 0.6) is 0 Å². The van der Waals surface area contributed by atoms with Crippen LogP contribution in [0, 0.1) is 93.7 Å². The molecule has 5 heterocycles. The summed E-state index contributed by atoms with van der Waals surface area (Å²) in [7, 11) is 3.47. The average Bonchev–Trinajstić information content (AvgIpc) is 1.51. The average molecular weight is 1150 g/mol. The lowest BCUT2D eigenvalue weighted by Crippen LogP contribution is -2.54. The summed E-state index contributed by atoms with van der Waals surface area (Å²) in [4.78, 5) is 59.2. The zero-order valence-electron chi connectivity index (χ0n) is 47.4. The van der Waals surface area contributed by atoms with Crippen molar-refractivity contribution in [1.29, 1.82) is 0 Å². The Morgan fingerprint density at radius 1 is 0.915 bits per heavy atom. The lowest BCUT2D eigenvalue weighted by Gasteiger charge is -2.57. The van der Waals surface area contributed by atoms with Crippen LogP contribution in [0.4, 0.5) is 0 Å². The number of dihydropyridines is 1. The fraction of sp³-hybridized carbons (Fsp3) is 0.582. The fourth-order valence-corrected chi connectivity index (χ4v) is 20.4. The summed E-state index contributed by atoms with van der Waals surface area (Å²) in [6, 6.07) is 10.1. The molecule has 0 radical (unpaired) electrons. The molecule has 13 nitrogen and oxygen atoms in total. The van der Waals surface area contributed by atoms with E-state index >= 15 is 9.59 Å². The molecular formula is C67H80N4O9S2. The van der Waals surface area contributed by atoms with Gasteiger partial charge in [0.05, 0.1) is 40.3 Å². The number of carbonyl (C=O) groups is 4. The molecule has 1 spiro atoms. The van der Waals surface area contributed by atoms with E-state index in [-0.39, 0.29) is 95.0 Å². The molecular weight excluding hydrogens is 1070 g/mol. The van der Waals surface area contributed by atoms with Crippen molar-refractivity contribution in [2.45, 2.75) is 128 Å². The molecule has 15 heteroatoms. The Morgan fingerprint density at radius 2 is 1.73 bits per heavy atom. The Morgan fingerprint density at radius 3 is 2.51 bits per heavy atom. The summed E-state index contributed by atoms with van der Waals surface area (Å²) in [6.45, 7) is 5.02. The van der Waals surface area contributed by atoms with Gasteiger partial charge in [-0.15, -0.1) is 0 Å². The van der Waals surface area contributed by atoms with Gasteiger partial charge in [-0.2, -0.15) is 0 Å². The minimum absolute atomic E-state index is 0.000197. The molecule has 2 amide bonds. The Hall–Kier alpha value is -5.08. The number of cyclic esters (lactones) is 1. The number of benzene rings is 1. The first-order valence-electron chi connectivity index (χ1n) is 30.9. The summed E-state index contributed by atoms with van der Waals surface area (Å²) in [5.41, 5.74) is 4.11. The Kier molecular flexibility index (Phi) is 15.8.